The van der Waals surface area contributed by atoms with Gasteiger partial charge in [-0.2, -0.15) is 0 Å². The number of pyridine rings is 1. The van der Waals surface area contributed by atoms with E-state index in [2.05, 4.69) is 26.2 Å². The minimum absolute atomic E-state index is 0.262. The number of alkyl halides is 1. The van der Waals surface area contributed by atoms with E-state index in [0.29, 0.717) is 5.33 Å². The van der Waals surface area contributed by atoms with E-state index in [-0.39, 0.29) is 22.7 Å². The van der Waals surface area contributed by atoms with Crippen LogP contribution in [0.1, 0.15) is 30.8 Å². The maximum Gasteiger partial charge on any atom is 0.268 e. The van der Waals surface area contributed by atoms with Gasteiger partial charge in [0.25, 0.3) is 5.91 Å². The average Bonchev–Trinajstić information content (AvgIpc) is 2.29. The number of aromatic amines is 1. The molecule has 0 aliphatic carbocycles. The maximum atomic E-state index is 11.8. The SMILES string of the molecule is CCC(C)(CBr)NC(=O)c1cccc(=O)[nH]1. The molecule has 16 heavy (non-hydrogen) atoms. The van der Waals surface area contributed by atoms with Gasteiger partial charge in [0.1, 0.15) is 5.69 Å². The Bertz CT molecular complexity index is 424. The van der Waals surface area contributed by atoms with Gasteiger partial charge in [-0.25, -0.2) is 0 Å². The molecule has 0 aliphatic heterocycles. The highest BCUT2D eigenvalue weighted by Crippen LogP contribution is 2.12. The molecular formula is C11H15BrN2O2. The summed E-state index contributed by atoms with van der Waals surface area (Å²) in [5.74, 6) is -0.262. The second-order valence-electron chi connectivity index (χ2n) is 3.93. The van der Waals surface area contributed by atoms with Gasteiger partial charge >= 0.3 is 0 Å². The number of halogens is 1. The van der Waals surface area contributed by atoms with Crippen LogP contribution in [-0.2, 0) is 0 Å². The van der Waals surface area contributed by atoms with Gasteiger partial charge in [0, 0.05) is 16.9 Å². The Morgan fingerprint density at radius 2 is 2.25 bits per heavy atom. The number of aromatic nitrogens is 1. The first-order valence-corrected chi connectivity index (χ1v) is 6.21. The number of nitrogens with one attached hydrogen (secondary N) is 2. The molecule has 0 saturated carbocycles. The number of hydrogen-bond donors (Lipinski definition) is 2. The van der Waals surface area contributed by atoms with Crippen molar-refractivity contribution in [3.05, 3.63) is 34.2 Å². The summed E-state index contributed by atoms with van der Waals surface area (Å²) in [6.45, 7) is 3.94. The third-order valence-electron chi connectivity index (χ3n) is 2.50. The lowest BCUT2D eigenvalue weighted by molar-refractivity contribution is 0.0908. The van der Waals surface area contributed by atoms with Gasteiger partial charge in [-0.05, 0) is 19.4 Å². The maximum absolute atomic E-state index is 11.8. The number of carbonyl (C=O) groups excluding carboxylic acids is 1. The first kappa shape index (κ1) is 13.0. The molecule has 1 rings (SSSR count). The number of rotatable bonds is 4. The third-order valence-corrected chi connectivity index (χ3v) is 3.74. The van der Waals surface area contributed by atoms with Crippen molar-refractivity contribution in [1.82, 2.24) is 10.3 Å². The van der Waals surface area contributed by atoms with Crippen molar-refractivity contribution < 1.29 is 4.79 Å². The highest BCUT2D eigenvalue weighted by Gasteiger charge is 2.23. The van der Waals surface area contributed by atoms with Crippen LogP contribution in [0.25, 0.3) is 0 Å². The first-order chi connectivity index (χ1) is 7.50. The highest BCUT2D eigenvalue weighted by molar-refractivity contribution is 9.09. The predicted octanol–water partition coefficient (Wildman–Crippen LogP) is 1.67. The normalized spacial score (nSPS) is 14.2. The smallest absolute Gasteiger partial charge is 0.268 e. The van der Waals surface area contributed by atoms with Gasteiger partial charge in [-0.15, -0.1) is 0 Å². The molecule has 1 aromatic rings. The summed E-state index contributed by atoms with van der Waals surface area (Å²) >= 11 is 3.36. The molecular weight excluding hydrogens is 272 g/mol. The molecule has 0 radical (unpaired) electrons. The van der Waals surface area contributed by atoms with E-state index in [4.69, 9.17) is 0 Å². The molecule has 88 valence electrons. The van der Waals surface area contributed by atoms with Crippen molar-refractivity contribution in [2.45, 2.75) is 25.8 Å². The summed E-state index contributed by atoms with van der Waals surface area (Å²) < 4.78 is 0. The summed E-state index contributed by atoms with van der Waals surface area (Å²) in [7, 11) is 0. The second kappa shape index (κ2) is 5.30. The van der Waals surface area contributed by atoms with Crippen LogP contribution >= 0.6 is 15.9 Å². The van der Waals surface area contributed by atoms with E-state index in [1.807, 2.05) is 13.8 Å². The minimum Gasteiger partial charge on any atom is -0.345 e. The summed E-state index contributed by atoms with van der Waals surface area (Å²) in [5, 5.41) is 3.55. The van der Waals surface area contributed by atoms with Crippen molar-refractivity contribution in [1.29, 1.82) is 0 Å². The van der Waals surface area contributed by atoms with Gasteiger partial charge in [0.2, 0.25) is 5.56 Å². The molecule has 0 spiro atoms. The molecule has 1 amide bonds. The van der Waals surface area contributed by atoms with Gasteiger partial charge in [0.05, 0.1) is 0 Å². The summed E-state index contributed by atoms with van der Waals surface area (Å²) in [4.78, 5) is 25.4. The number of hydrogen-bond acceptors (Lipinski definition) is 2. The van der Waals surface area contributed by atoms with Crippen LogP contribution in [0.15, 0.2) is 23.0 Å². The van der Waals surface area contributed by atoms with Gasteiger partial charge < -0.3 is 10.3 Å². The van der Waals surface area contributed by atoms with E-state index in [9.17, 15) is 9.59 Å². The average molecular weight is 287 g/mol. The number of H-pyrrole nitrogens is 1. The molecule has 0 bridgehead atoms. The van der Waals surface area contributed by atoms with Crippen molar-refractivity contribution in [2.24, 2.45) is 0 Å². The van der Waals surface area contributed by atoms with Gasteiger partial charge in [-0.1, -0.05) is 28.9 Å². The van der Waals surface area contributed by atoms with Crippen LogP contribution < -0.4 is 10.9 Å². The summed E-state index contributed by atoms with van der Waals surface area (Å²) in [5.41, 5.74) is -0.290. The summed E-state index contributed by atoms with van der Waals surface area (Å²) in [6, 6.07) is 4.52. The zero-order valence-corrected chi connectivity index (χ0v) is 10.9. The topological polar surface area (TPSA) is 62.0 Å². The summed E-state index contributed by atoms with van der Waals surface area (Å²) in [6.07, 6.45) is 0.807. The van der Waals surface area contributed by atoms with Crippen LogP contribution in [0.4, 0.5) is 0 Å². The lowest BCUT2D eigenvalue weighted by Crippen LogP contribution is -2.47. The standard InChI is InChI=1S/C11H15BrN2O2/c1-3-11(2,7-12)14-10(16)8-5-4-6-9(15)13-8/h4-6H,3,7H2,1-2H3,(H,13,15)(H,14,16). The van der Waals surface area contributed by atoms with Crippen LogP contribution in [-0.4, -0.2) is 21.8 Å². The van der Waals surface area contributed by atoms with E-state index in [1.165, 1.54) is 6.07 Å². The molecule has 1 atom stereocenters. The number of carbonyl (C=O) groups is 1. The lowest BCUT2D eigenvalue weighted by atomic mass is 10.0. The Morgan fingerprint density at radius 1 is 1.56 bits per heavy atom. The van der Waals surface area contributed by atoms with Crippen molar-refractivity contribution >= 4 is 21.8 Å². The van der Waals surface area contributed by atoms with Gasteiger partial charge in [0.15, 0.2) is 0 Å². The molecule has 2 N–H and O–H groups in total. The van der Waals surface area contributed by atoms with E-state index >= 15 is 0 Å². The quantitative estimate of drug-likeness (QED) is 0.827. The Morgan fingerprint density at radius 3 is 2.75 bits per heavy atom. The minimum atomic E-state index is -0.302. The largest absolute Gasteiger partial charge is 0.345 e. The highest BCUT2D eigenvalue weighted by atomic mass is 79.9. The predicted molar refractivity (Wildman–Crippen MR) is 67.0 cm³/mol. The molecule has 0 aliphatic rings. The van der Waals surface area contributed by atoms with E-state index < -0.39 is 0 Å². The number of amides is 1. The fraction of sp³-hybridized carbons (Fsp3) is 0.455. The molecule has 0 fully saturated rings. The molecule has 1 unspecified atom stereocenters. The Kier molecular flexibility index (Phi) is 4.29. The van der Waals surface area contributed by atoms with Crippen molar-refractivity contribution in [2.75, 3.05) is 5.33 Å². The van der Waals surface area contributed by atoms with Crippen LogP contribution in [0.5, 0.6) is 0 Å². The van der Waals surface area contributed by atoms with Crippen LogP contribution in [0.2, 0.25) is 0 Å². The Labute approximate surface area is 103 Å². The van der Waals surface area contributed by atoms with E-state index in [0.717, 1.165) is 6.42 Å². The third kappa shape index (κ3) is 3.20. The molecule has 4 nitrogen and oxygen atoms in total. The fourth-order valence-corrected chi connectivity index (χ4v) is 1.67. The van der Waals surface area contributed by atoms with Crippen molar-refractivity contribution in [3.63, 3.8) is 0 Å². The Hall–Kier alpha value is -1.10. The van der Waals surface area contributed by atoms with Crippen LogP contribution in [0, 0.1) is 0 Å². The van der Waals surface area contributed by atoms with Crippen LogP contribution in [0.3, 0.4) is 0 Å². The molecule has 0 saturated heterocycles. The van der Waals surface area contributed by atoms with Crippen molar-refractivity contribution in [3.8, 4) is 0 Å². The zero-order chi connectivity index (χ0) is 12.2. The van der Waals surface area contributed by atoms with Gasteiger partial charge in [-0.3, -0.25) is 9.59 Å². The Balaban J connectivity index is 2.84. The fourth-order valence-electron chi connectivity index (χ4n) is 1.14. The second-order valence-corrected chi connectivity index (χ2v) is 4.49. The lowest BCUT2D eigenvalue weighted by Gasteiger charge is -2.27. The monoisotopic (exact) mass is 286 g/mol. The first-order valence-electron chi connectivity index (χ1n) is 5.08. The zero-order valence-electron chi connectivity index (χ0n) is 9.34. The molecule has 1 heterocycles. The molecule has 0 aromatic carbocycles. The molecule has 1 aromatic heterocycles. The molecule has 5 heteroatoms. The van der Waals surface area contributed by atoms with E-state index in [1.54, 1.807) is 12.1 Å².